The first-order valence-corrected chi connectivity index (χ1v) is 7.39. The second-order valence-corrected chi connectivity index (χ2v) is 5.43. The van der Waals surface area contributed by atoms with Crippen LogP contribution in [0.4, 0.5) is 0 Å². The van der Waals surface area contributed by atoms with Gasteiger partial charge in [-0.15, -0.1) is 11.6 Å². The van der Waals surface area contributed by atoms with E-state index in [1.54, 1.807) is 7.11 Å². The Labute approximate surface area is 121 Å². The van der Waals surface area contributed by atoms with Gasteiger partial charge in [0.15, 0.2) is 0 Å². The number of aryl methyl sites for hydroxylation is 1. The summed E-state index contributed by atoms with van der Waals surface area (Å²) in [7, 11) is 1.71. The van der Waals surface area contributed by atoms with E-state index in [2.05, 4.69) is 24.1 Å². The first kappa shape index (κ1) is 16.3. The van der Waals surface area contributed by atoms with E-state index in [1.165, 1.54) is 6.42 Å². The summed E-state index contributed by atoms with van der Waals surface area (Å²) >= 11 is 5.79. The van der Waals surface area contributed by atoms with E-state index in [9.17, 15) is 0 Å². The van der Waals surface area contributed by atoms with Crippen LogP contribution in [0.1, 0.15) is 36.6 Å². The summed E-state index contributed by atoms with van der Waals surface area (Å²) in [5, 5.41) is 3.43. The Kier molecular flexibility index (Phi) is 7.17. The Bertz CT molecular complexity index is 396. The molecule has 1 aromatic rings. The molecule has 0 aliphatic heterocycles. The van der Waals surface area contributed by atoms with Crippen molar-refractivity contribution in [1.82, 2.24) is 10.3 Å². The van der Waals surface area contributed by atoms with Crippen molar-refractivity contribution in [3.63, 3.8) is 0 Å². The molecule has 1 atom stereocenters. The predicted molar refractivity (Wildman–Crippen MR) is 81.1 cm³/mol. The van der Waals surface area contributed by atoms with Gasteiger partial charge in [-0.2, -0.15) is 0 Å². The Morgan fingerprint density at radius 2 is 2.16 bits per heavy atom. The maximum Gasteiger partial charge on any atom is 0.128 e. The number of hydrogen-bond donors (Lipinski definition) is 1. The number of nitrogens with one attached hydrogen (secondary N) is 1. The minimum Gasteiger partial charge on any atom is -0.496 e. The zero-order chi connectivity index (χ0) is 14.3. The third-order valence-corrected chi connectivity index (χ3v) is 3.88. The van der Waals surface area contributed by atoms with Crippen molar-refractivity contribution < 1.29 is 4.74 Å². The third-order valence-electron chi connectivity index (χ3n) is 3.36. The normalized spacial score (nSPS) is 12.5. The molecule has 19 heavy (non-hydrogen) atoms. The molecule has 1 N–H and O–H groups in total. The second kappa shape index (κ2) is 8.39. The van der Waals surface area contributed by atoms with E-state index in [4.69, 9.17) is 16.3 Å². The first-order chi connectivity index (χ1) is 9.10. The number of methoxy groups -OCH3 is 1. The van der Waals surface area contributed by atoms with Crippen LogP contribution >= 0.6 is 11.6 Å². The van der Waals surface area contributed by atoms with Crippen molar-refractivity contribution >= 4 is 11.6 Å². The van der Waals surface area contributed by atoms with Crippen molar-refractivity contribution in [2.24, 2.45) is 5.92 Å². The average Bonchev–Trinajstić information content (AvgIpc) is 2.41. The molecular formula is C15H25ClN2O. The molecule has 1 rings (SSSR count). The lowest BCUT2D eigenvalue weighted by Gasteiger charge is -2.13. The Hall–Kier alpha value is -0.800. The molecule has 3 nitrogen and oxygen atoms in total. The van der Waals surface area contributed by atoms with Crippen LogP contribution in [-0.4, -0.2) is 24.5 Å². The molecule has 0 amide bonds. The predicted octanol–water partition coefficient (Wildman–Crippen LogP) is 3.45. The minimum atomic E-state index is 0.600. The molecule has 0 saturated carbocycles. The van der Waals surface area contributed by atoms with Crippen molar-refractivity contribution in [2.45, 2.75) is 40.2 Å². The topological polar surface area (TPSA) is 34.1 Å². The molecule has 1 unspecified atom stereocenters. The maximum absolute atomic E-state index is 5.79. The number of hydrogen-bond acceptors (Lipinski definition) is 3. The van der Waals surface area contributed by atoms with Crippen LogP contribution in [0.2, 0.25) is 0 Å². The molecule has 0 fully saturated rings. The minimum absolute atomic E-state index is 0.600. The molecular weight excluding hydrogens is 260 g/mol. The summed E-state index contributed by atoms with van der Waals surface area (Å²) in [6.07, 6.45) is 4.19. The standard InChI is InChI=1S/C15H25ClN2O/c1-11(8-16)6-5-7-17-10-14-13(3)15(19-4)12(2)9-18-14/h9,11,17H,5-8,10H2,1-4H3. The van der Waals surface area contributed by atoms with E-state index >= 15 is 0 Å². The molecule has 0 spiro atoms. The van der Waals surface area contributed by atoms with Gasteiger partial charge in [-0.3, -0.25) is 4.98 Å². The fraction of sp³-hybridized carbons (Fsp3) is 0.667. The van der Waals surface area contributed by atoms with Gasteiger partial charge in [0.05, 0.1) is 12.8 Å². The van der Waals surface area contributed by atoms with Gasteiger partial charge >= 0.3 is 0 Å². The fourth-order valence-electron chi connectivity index (χ4n) is 2.11. The van der Waals surface area contributed by atoms with Gasteiger partial charge in [0.25, 0.3) is 0 Å². The van der Waals surface area contributed by atoms with Crippen LogP contribution in [0, 0.1) is 19.8 Å². The van der Waals surface area contributed by atoms with Gasteiger partial charge in [-0.1, -0.05) is 6.92 Å². The van der Waals surface area contributed by atoms with Crippen LogP contribution in [0.25, 0.3) is 0 Å². The van der Waals surface area contributed by atoms with E-state index in [0.717, 1.165) is 48.0 Å². The zero-order valence-corrected chi connectivity index (χ0v) is 13.2. The zero-order valence-electron chi connectivity index (χ0n) is 12.4. The Morgan fingerprint density at radius 3 is 2.79 bits per heavy atom. The highest BCUT2D eigenvalue weighted by Gasteiger charge is 2.08. The van der Waals surface area contributed by atoms with Crippen molar-refractivity contribution in [3.8, 4) is 5.75 Å². The molecule has 0 aliphatic rings. The number of nitrogens with zero attached hydrogens (tertiary/aromatic N) is 1. The lowest BCUT2D eigenvalue weighted by atomic mass is 10.1. The van der Waals surface area contributed by atoms with Gasteiger partial charge in [0.1, 0.15) is 5.75 Å². The molecule has 0 bridgehead atoms. The Balaban J connectivity index is 2.42. The van der Waals surface area contributed by atoms with Crippen LogP contribution in [0.3, 0.4) is 0 Å². The summed E-state index contributed by atoms with van der Waals surface area (Å²) in [6.45, 7) is 8.05. The molecule has 0 aromatic carbocycles. The van der Waals surface area contributed by atoms with E-state index in [0.29, 0.717) is 5.92 Å². The Morgan fingerprint density at radius 1 is 1.42 bits per heavy atom. The van der Waals surface area contributed by atoms with Gasteiger partial charge in [-0.05, 0) is 39.2 Å². The van der Waals surface area contributed by atoms with Crippen LogP contribution in [-0.2, 0) is 6.54 Å². The van der Waals surface area contributed by atoms with Gasteiger partial charge in [0.2, 0.25) is 0 Å². The number of rotatable bonds is 8. The number of halogens is 1. The molecule has 0 radical (unpaired) electrons. The quantitative estimate of drug-likeness (QED) is 0.586. The average molecular weight is 285 g/mol. The van der Waals surface area contributed by atoms with E-state index in [-0.39, 0.29) is 0 Å². The first-order valence-electron chi connectivity index (χ1n) is 6.85. The highest BCUT2D eigenvalue weighted by molar-refractivity contribution is 6.18. The molecule has 0 aliphatic carbocycles. The number of pyridine rings is 1. The highest BCUT2D eigenvalue weighted by atomic mass is 35.5. The molecule has 1 aromatic heterocycles. The van der Waals surface area contributed by atoms with Gasteiger partial charge in [0, 0.05) is 29.7 Å². The van der Waals surface area contributed by atoms with Crippen molar-refractivity contribution in [1.29, 1.82) is 0 Å². The smallest absolute Gasteiger partial charge is 0.128 e. The summed E-state index contributed by atoms with van der Waals surface area (Å²) in [4.78, 5) is 4.47. The monoisotopic (exact) mass is 284 g/mol. The number of alkyl halides is 1. The SMILES string of the molecule is COc1c(C)cnc(CNCCCC(C)CCl)c1C. The molecule has 1 heterocycles. The van der Waals surface area contributed by atoms with Gasteiger partial charge < -0.3 is 10.1 Å². The van der Waals surface area contributed by atoms with Crippen molar-refractivity contribution in [3.05, 3.63) is 23.0 Å². The highest BCUT2D eigenvalue weighted by Crippen LogP contribution is 2.23. The van der Waals surface area contributed by atoms with Gasteiger partial charge in [-0.25, -0.2) is 0 Å². The summed E-state index contributed by atoms with van der Waals surface area (Å²) < 4.78 is 5.41. The third kappa shape index (κ3) is 5.00. The van der Waals surface area contributed by atoms with Crippen LogP contribution in [0.5, 0.6) is 5.75 Å². The lowest BCUT2D eigenvalue weighted by molar-refractivity contribution is 0.406. The lowest BCUT2D eigenvalue weighted by Crippen LogP contribution is -2.17. The summed E-state index contributed by atoms with van der Waals surface area (Å²) in [5.74, 6) is 2.29. The molecule has 108 valence electrons. The van der Waals surface area contributed by atoms with Crippen LogP contribution < -0.4 is 10.1 Å². The number of ether oxygens (including phenoxy) is 1. The summed E-state index contributed by atoms with van der Waals surface area (Å²) in [5.41, 5.74) is 3.27. The largest absolute Gasteiger partial charge is 0.496 e. The fourth-order valence-corrected chi connectivity index (χ4v) is 2.26. The van der Waals surface area contributed by atoms with E-state index in [1.807, 2.05) is 13.1 Å². The maximum atomic E-state index is 5.79. The van der Waals surface area contributed by atoms with E-state index < -0.39 is 0 Å². The molecule has 4 heteroatoms. The summed E-state index contributed by atoms with van der Waals surface area (Å²) in [6, 6.07) is 0. The number of aromatic nitrogens is 1. The molecule has 0 saturated heterocycles. The van der Waals surface area contributed by atoms with Crippen molar-refractivity contribution in [2.75, 3.05) is 19.5 Å². The second-order valence-electron chi connectivity index (χ2n) is 5.12. The van der Waals surface area contributed by atoms with Crippen LogP contribution in [0.15, 0.2) is 6.20 Å².